The lowest BCUT2D eigenvalue weighted by Crippen LogP contribution is -2.38. The number of halogens is 1. The van der Waals surface area contributed by atoms with Crippen molar-refractivity contribution in [2.75, 3.05) is 19.0 Å². The number of aliphatic carboxylic acids is 1. The van der Waals surface area contributed by atoms with E-state index in [4.69, 9.17) is 14.9 Å². The lowest BCUT2D eigenvalue weighted by Gasteiger charge is -2.10. The van der Waals surface area contributed by atoms with E-state index in [0.717, 1.165) is 6.07 Å². The standard InChI is InChI=1S/C11H13FN2O5/c1-19-6-2-3-7(12)8(4-6)14-11(18)13-5-9(15)10(16)17/h2-4,9,15H,5H2,1H3,(H,16,17)(H2,13,14,18). The number of anilines is 1. The zero-order chi connectivity index (χ0) is 14.4. The molecule has 0 spiro atoms. The van der Waals surface area contributed by atoms with Crippen molar-refractivity contribution in [3.05, 3.63) is 24.0 Å². The number of methoxy groups -OCH3 is 1. The SMILES string of the molecule is COc1ccc(F)c(NC(=O)NCC(O)C(=O)O)c1. The second kappa shape index (κ2) is 6.55. The van der Waals surface area contributed by atoms with Gasteiger partial charge in [0, 0.05) is 6.07 Å². The van der Waals surface area contributed by atoms with Gasteiger partial charge in [0.05, 0.1) is 19.3 Å². The molecule has 0 saturated carbocycles. The van der Waals surface area contributed by atoms with Gasteiger partial charge in [-0.1, -0.05) is 0 Å². The number of amides is 2. The van der Waals surface area contributed by atoms with E-state index in [1.807, 2.05) is 0 Å². The Morgan fingerprint density at radius 2 is 2.16 bits per heavy atom. The number of aliphatic hydroxyl groups excluding tert-OH is 1. The predicted molar refractivity (Wildman–Crippen MR) is 63.6 cm³/mol. The third-order valence-electron chi connectivity index (χ3n) is 2.16. The minimum Gasteiger partial charge on any atom is -0.497 e. The van der Waals surface area contributed by atoms with Crippen molar-refractivity contribution in [2.45, 2.75) is 6.10 Å². The van der Waals surface area contributed by atoms with Gasteiger partial charge in [0.1, 0.15) is 11.6 Å². The van der Waals surface area contributed by atoms with Gasteiger partial charge in [-0.2, -0.15) is 0 Å². The summed E-state index contributed by atoms with van der Waals surface area (Å²) in [4.78, 5) is 21.7. The third kappa shape index (κ3) is 4.43. The Hall–Kier alpha value is -2.35. The Labute approximate surface area is 108 Å². The number of carbonyl (C=O) groups is 2. The normalized spacial score (nSPS) is 11.5. The monoisotopic (exact) mass is 272 g/mol. The molecule has 0 radical (unpaired) electrons. The maximum absolute atomic E-state index is 13.4. The number of ether oxygens (including phenoxy) is 1. The molecule has 0 aliphatic rings. The van der Waals surface area contributed by atoms with Gasteiger partial charge in [-0.25, -0.2) is 14.0 Å². The topological polar surface area (TPSA) is 108 Å². The quantitative estimate of drug-likeness (QED) is 0.620. The highest BCUT2D eigenvalue weighted by molar-refractivity contribution is 5.90. The molecule has 8 heteroatoms. The summed E-state index contributed by atoms with van der Waals surface area (Å²) in [6, 6.07) is 2.92. The van der Waals surface area contributed by atoms with E-state index in [1.165, 1.54) is 19.2 Å². The molecule has 0 bridgehead atoms. The first-order valence-corrected chi connectivity index (χ1v) is 5.23. The molecule has 4 N–H and O–H groups in total. The van der Waals surface area contributed by atoms with Crippen LogP contribution in [0.5, 0.6) is 5.75 Å². The minimum atomic E-state index is -1.72. The summed E-state index contributed by atoms with van der Waals surface area (Å²) >= 11 is 0. The van der Waals surface area contributed by atoms with E-state index in [1.54, 1.807) is 0 Å². The first-order chi connectivity index (χ1) is 8.93. The van der Waals surface area contributed by atoms with Gasteiger partial charge < -0.3 is 25.6 Å². The maximum Gasteiger partial charge on any atom is 0.334 e. The van der Waals surface area contributed by atoms with Crippen LogP contribution >= 0.6 is 0 Å². The predicted octanol–water partition coefficient (Wildman–Crippen LogP) is 0.401. The molecular formula is C11H13FN2O5. The highest BCUT2D eigenvalue weighted by Gasteiger charge is 2.14. The van der Waals surface area contributed by atoms with Crippen LogP contribution in [0.25, 0.3) is 0 Å². The van der Waals surface area contributed by atoms with Crippen molar-refractivity contribution in [1.82, 2.24) is 5.32 Å². The van der Waals surface area contributed by atoms with Gasteiger partial charge in [0.2, 0.25) is 0 Å². The van der Waals surface area contributed by atoms with Crippen LogP contribution in [0.15, 0.2) is 18.2 Å². The Balaban J connectivity index is 2.59. The lowest BCUT2D eigenvalue weighted by atomic mass is 10.3. The van der Waals surface area contributed by atoms with Crippen LogP contribution in [0.1, 0.15) is 0 Å². The summed E-state index contributed by atoms with van der Waals surface area (Å²) in [5.74, 6) is -1.79. The average Bonchev–Trinajstić information content (AvgIpc) is 2.38. The van der Waals surface area contributed by atoms with E-state index in [0.29, 0.717) is 5.75 Å². The lowest BCUT2D eigenvalue weighted by molar-refractivity contribution is -0.146. The highest BCUT2D eigenvalue weighted by atomic mass is 19.1. The molecule has 7 nitrogen and oxygen atoms in total. The molecule has 0 fully saturated rings. The van der Waals surface area contributed by atoms with Crippen molar-refractivity contribution >= 4 is 17.7 Å². The number of urea groups is 1. The molecule has 0 aliphatic heterocycles. The van der Waals surface area contributed by atoms with Crippen LogP contribution in [0, 0.1) is 5.82 Å². The van der Waals surface area contributed by atoms with Crippen LogP contribution in [0.2, 0.25) is 0 Å². The average molecular weight is 272 g/mol. The first kappa shape index (κ1) is 14.7. The van der Waals surface area contributed by atoms with Crippen LogP contribution in [0.4, 0.5) is 14.9 Å². The van der Waals surface area contributed by atoms with E-state index in [-0.39, 0.29) is 5.69 Å². The van der Waals surface area contributed by atoms with Crippen LogP contribution in [-0.2, 0) is 4.79 Å². The van der Waals surface area contributed by atoms with Gasteiger partial charge in [-0.15, -0.1) is 0 Å². The van der Waals surface area contributed by atoms with Crippen molar-refractivity contribution in [3.63, 3.8) is 0 Å². The Kier molecular flexibility index (Phi) is 5.07. The molecule has 1 atom stereocenters. The molecule has 19 heavy (non-hydrogen) atoms. The van der Waals surface area contributed by atoms with Gasteiger partial charge in [-0.05, 0) is 12.1 Å². The van der Waals surface area contributed by atoms with Gasteiger partial charge in [0.15, 0.2) is 6.10 Å². The first-order valence-electron chi connectivity index (χ1n) is 5.23. The van der Waals surface area contributed by atoms with Crippen molar-refractivity contribution < 1.29 is 28.9 Å². The summed E-state index contributed by atoms with van der Waals surface area (Å²) in [6.45, 7) is -0.493. The van der Waals surface area contributed by atoms with Crippen LogP contribution in [-0.4, -0.2) is 42.0 Å². The van der Waals surface area contributed by atoms with E-state index < -0.39 is 30.5 Å². The Morgan fingerprint density at radius 1 is 1.47 bits per heavy atom. The molecule has 1 rings (SSSR count). The second-order valence-corrected chi connectivity index (χ2v) is 3.53. The summed E-state index contributed by atoms with van der Waals surface area (Å²) in [5, 5.41) is 21.6. The zero-order valence-electron chi connectivity index (χ0n) is 10.0. The number of carbonyl (C=O) groups excluding carboxylic acids is 1. The molecule has 1 aromatic carbocycles. The van der Waals surface area contributed by atoms with Gasteiger partial charge >= 0.3 is 12.0 Å². The Morgan fingerprint density at radius 3 is 2.74 bits per heavy atom. The second-order valence-electron chi connectivity index (χ2n) is 3.53. The molecule has 2 amide bonds. The minimum absolute atomic E-state index is 0.123. The number of carboxylic acids is 1. The fraction of sp³-hybridized carbons (Fsp3) is 0.273. The number of nitrogens with one attached hydrogen (secondary N) is 2. The number of hydrogen-bond acceptors (Lipinski definition) is 4. The van der Waals surface area contributed by atoms with Crippen molar-refractivity contribution in [2.24, 2.45) is 0 Å². The largest absolute Gasteiger partial charge is 0.497 e. The summed E-state index contributed by atoms with van der Waals surface area (Å²) in [6.07, 6.45) is -1.72. The van der Waals surface area contributed by atoms with Crippen molar-refractivity contribution in [1.29, 1.82) is 0 Å². The number of carboxylic acid groups (broad SMARTS) is 1. The molecule has 104 valence electrons. The van der Waals surface area contributed by atoms with E-state index in [2.05, 4.69) is 10.6 Å². The number of hydrogen-bond donors (Lipinski definition) is 4. The van der Waals surface area contributed by atoms with Crippen molar-refractivity contribution in [3.8, 4) is 5.75 Å². The van der Waals surface area contributed by atoms with Gasteiger partial charge in [-0.3, -0.25) is 0 Å². The molecule has 1 unspecified atom stereocenters. The molecule has 1 aromatic rings. The van der Waals surface area contributed by atoms with Crippen LogP contribution < -0.4 is 15.4 Å². The smallest absolute Gasteiger partial charge is 0.334 e. The summed E-state index contributed by atoms with van der Waals surface area (Å²) in [5.41, 5.74) is -0.123. The highest BCUT2D eigenvalue weighted by Crippen LogP contribution is 2.20. The fourth-order valence-corrected chi connectivity index (χ4v) is 1.17. The molecule has 0 saturated heterocycles. The molecular weight excluding hydrogens is 259 g/mol. The number of rotatable bonds is 5. The number of aliphatic hydroxyl groups is 1. The number of benzene rings is 1. The maximum atomic E-state index is 13.4. The zero-order valence-corrected chi connectivity index (χ0v) is 10.0. The molecule has 0 heterocycles. The van der Waals surface area contributed by atoms with Crippen LogP contribution in [0.3, 0.4) is 0 Å². The third-order valence-corrected chi connectivity index (χ3v) is 2.16. The molecule has 0 aliphatic carbocycles. The fourth-order valence-electron chi connectivity index (χ4n) is 1.17. The van der Waals surface area contributed by atoms with E-state index >= 15 is 0 Å². The van der Waals surface area contributed by atoms with Gasteiger partial charge in [0.25, 0.3) is 0 Å². The van der Waals surface area contributed by atoms with E-state index in [9.17, 15) is 14.0 Å². The summed E-state index contributed by atoms with van der Waals surface area (Å²) < 4.78 is 18.2. The molecule has 0 aromatic heterocycles. The Bertz CT molecular complexity index is 480. The summed E-state index contributed by atoms with van der Waals surface area (Å²) in [7, 11) is 1.39.